The van der Waals surface area contributed by atoms with Crippen molar-refractivity contribution >= 4 is 5.97 Å². The first-order valence-electron chi connectivity index (χ1n) is 4.41. The molecule has 0 amide bonds. The number of aliphatic hydroxyl groups is 4. The summed E-state index contributed by atoms with van der Waals surface area (Å²) < 4.78 is 9.24. The maximum absolute atomic E-state index is 11.1. The number of rotatable bonds is 2. The van der Waals surface area contributed by atoms with Crippen LogP contribution in [-0.4, -0.2) is 70.6 Å². The number of esters is 1. The minimum Gasteiger partial charge on any atom is -0.467 e. The van der Waals surface area contributed by atoms with Crippen molar-refractivity contribution in [3.63, 3.8) is 0 Å². The first-order valence-corrected chi connectivity index (χ1v) is 4.41. The number of ether oxygens (including phenoxy) is 2. The van der Waals surface area contributed by atoms with Gasteiger partial charge in [0.15, 0.2) is 6.10 Å². The van der Waals surface area contributed by atoms with Gasteiger partial charge in [-0.05, 0) is 0 Å². The molecule has 0 radical (unpaired) electrons. The fourth-order valence-corrected chi connectivity index (χ4v) is 1.41. The van der Waals surface area contributed by atoms with Gasteiger partial charge >= 0.3 is 5.97 Å². The second-order valence-electron chi connectivity index (χ2n) is 3.27. The van der Waals surface area contributed by atoms with E-state index in [4.69, 9.17) is 9.84 Å². The Morgan fingerprint density at radius 2 is 1.87 bits per heavy atom. The SMILES string of the molecule is COC(=O)[C@H]1O[C@H](CO)[C@@H](O)[C@H](O)[C@H]1O. The fraction of sp³-hybridized carbons (Fsp3) is 0.875. The van der Waals surface area contributed by atoms with Crippen LogP contribution in [0.2, 0.25) is 0 Å². The van der Waals surface area contributed by atoms with Gasteiger partial charge < -0.3 is 29.9 Å². The summed E-state index contributed by atoms with van der Waals surface area (Å²) in [4.78, 5) is 11.1. The highest BCUT2D eigenvalue weighted by Gasteiger charge is 2.46. The normalized spacial score (nSPS) is 41.3. The van der Waals surface area contributed by atoms with Gasteiger partial charge in [-0.2, -0.15) is 0 Å². The van der Waals surface area contributed by atoms with Gasteiger partial charge in [0.2, 0.25) is 0 Å². The van der Waals surface area contributed by atoms with Gasteiger partial charge in [0.25, 0.3) is 0 Å². The molecule has 1 rings (SSSR count). The minimum absolute atomic E-state index is 0.571. The number of carbonyl (C=O) groups excluding carboxylic acids is 1. The van der Waals surface area contributed by atoms with Crippen LogP contribution in [0.25, 0.3) is 0 Å². The van der Waals surface area contributed by atoms with E-state index in [0.717, 1.165) is 7.11 Å². The first-order chi connectivity index (χ1) is 7.02. The zero-order valence-electron chi connectivity index (χ0n) is 8.11. The van der Waals surface area contributed by atoms with Crippen LogP contribution in [0.3, 0.4) is 0 Å². The summed E-state index contributed by atoms with van der Waals surface area (Å²) in [5.74, 6) is -0.869. The van der Waals surface area contributed by atoms with E-state index in [1.54, 1.807) is 0 Å². The van der Waals surface area contributed by atoms with Crippen LogP contribution in [0.5, 0.6) is 0 Å². The van der Waals surface area contributed by atoms with Crippen molar-refractivity contribution in [3.05, 3.63) is 0 Å². The Balaban J connectivity index is 2.78. The van der Waals surface area contributed by atoms with Crippen LogP contribution in [0.1, 0.15) is 0 Å². The van der Waals surface area contributed by atoms with E-state index < -0.39 is 43.1 Å². The van der Waals surface area contributed by atoms with E-state index in [1.807, 2.05) is 0 Å². The van der Waals surface area contributed by atoms with Gasteiger partial charge in [-0.3, -0.25) is 0 Å². The van der Waals surface area contributed by atoms with Crippen LogP contribution in [-0.2, 0) is 14.3 Å². The Morgan fingerprint density at radius 3 is 2.33 bits per heavy atom. The molecule has 0 unspecified atom stereocenters. The summed E-state index contributed by atoms with van der Waals surface area (Å²) in [6.45, 7) is -0.571. The van der Waals surface area contributed by atoms with Gasteiger partial charge in [-0.15, -0.1) is 0 Å². The molecule has 7 heteroatoms. The van der Waals surface area contributed by atoms with Crippen LogP contribution in [0.4, 0.5) is 0 Å². The molecule has 15 heavy (non-hydrogen) atoms. The quantitative estimate of drug-likeness (QED) is 0.368. The van der Waals surface area contributed by atoms with E-state index in [-0.39, 0.29) is 0 Å². The predicted octanol–water partition coefficient (Wildman–Crippen LogP) is -3.00. The molecule has 0 aromatic rings. The third kappa shape index (κ3) is 2.27. The van der Waals surface area contributed by atoms with Crippen molar-refractivity contribution in [2.24, 2.45) is 0 Å². The predicted molar refractivity (Wildman–Crippen MR) is 45.8 cm³/mol. The lowest BCUT2D eigenvalue weighted by molar-refractivity contribution is -0.234. The van der Waals surface area contributed by atoms with Crippen molar-refractivity contribution in [2.45, 2.75) is 30.5 Å². The molecule has 0 bridgehead atoms. The second-order valence-corrected chi connectivity index (χ2v) is 3.27. The molecule has 1 aliphatic heterocycles. The van der Waals surface area contributed by atoms with E-state index in [1.165, 1.54) is 0 Å². The first kappa shape index (κ1) is 12.3. The maximum Gasteiger partial charge on any atom is 0.337 e. The lowest BCUT2D eigenvalue weighted by Gasteiger charge is -2.38. The van der Waals surface area contributed by atoms with E-state index in [0.29, 0.717) is 0 Å². The highest BCUT2D eigenvalue weighted by molar-refractivity contribution is 5.75. The highest BCUT2D eigenvalue weighted by atomic mass is 16.6. The second kappa shape index (κ2) is 4.86. The van der Waals surface area contributed by atoms with Gasteiger partial charge in [0.1, 0.15) is 24.4 Å². The van der Waals surface area contributed by atoms with Crippen molar-refractivity contribution in [1.82, 2.24) is 0 Å². The third-order valence-corrected chi connectivity index (χ3v) is 2.33. The standard InChI is InChI=1S/C8H14O7/c1-14-8(13)7-6(12)5(11)4(10)3(2-9)15-7/h3-7,9-12H,2H2,1H3/t3-,4-,5+,6-,7+/m1/s1. The molecule has 0 aliphatic carbocycles. The fourth-order valence-electron chi connectivity index (χ4n) is 1.41. The Hall–Kier alpha value is -0.730. The summed E-state index contributed by atoms with van der Waals surface area (Å²) in [6.07, 6.45) is -7.08. The zero-order valence-corrected chi connectivity index (χ0v) is 8.11. The molecule has 4 N–H and O–H groups in total. The number of methoxy groups -OCH3 is 1. The van der Waals surface area contributed by atoms with Crippen molar-refractivity contribution < 1.29 is 34.7 Å². The van der Waals surface area contributed by atoms with Gasteiger partial charge in [0.05, 0.1) is 13.7 Å². The molecule has 5 atom stereocenters. The number of hydrogen-bond acceptors (Lipinski definition) is 7. The molecule has 0 aromatic carbocycles. The molecule has 0 saturated carbocycles. The Morgan fingerprint density at radius 1 is 1.27 bits per heavy atom. The topological polar surface area (TPSA) is 116 Å². The highest BCUT2D eigenvalue weighted by Crippen LogP contribution is 2.21. The Bertz CT molecular complexity index is 229. The van der Waals surface area contributed by atoms with E-state index >= 15 is 0 Å². The summed E-state index contributed by atoms with van der Waals surface area (Å²) >= 11 is 0. The molecule has 0 spiro atoms. The van der Waals surface area contributed by atoms with Crippen molar-refractivity contribution in [3.8, 4) is 0 Å². The summed E-state index contributed by atoms with van der Waals surface area (Å²) in [7, 11) is 1.10. The Kier molecular flexibility index (Phi) is 4.00. The van der Waals surface area contributed by atoms with E-state index in [2.05, 4.69) is 4.74 Å². The third-order valence-electron chi connectivity index (χ3n) is 2.33. The lowest BCUT2D eigenvalue weighted by Crippen LogP contribution is -2.60. The maximum atomic E-state index is 11.1. The van der Waals surface area contributed by atoms with Crippen LogP contribution < -0.4 is 0 Å². The molecule has 88 valence electrons. The molecule has 1 aliphatic rings. The summed E-state index contributed by atoms with van der Waals surface area (Å²) in [5.41, 5.74) is 0. The molecule has 7 nitrogen and oxygen atoms in total. The van der Waals surface area contributed by atoms with E-state index in [9.17, 15) is 20.1 Å². The molecule has 0 aromatic heterocycles. The van der Waals surface area contributed by atoms with Gasteiger partial charge in [-0.25, -0.2) is 4.79 Å². The number of hydrogen-bond donors (Lipinski definition) is 4. The average molecular weight is 222 g/mol. The van der Waals surface area contributed by atoms with Gasteiger partial charge in [-0.1, -0.05) is 0 Å². The molecule has 1 saturated heterocycles. The lowest BCUT2D eigenvalue weighted by atomic mass is 9.95. The zero-order chi connectivity index (χ0) is 11.6. The molecular formula is C8H14O7. The largest absolute Gasteiger partial charge is 0.467 e. The van der Waals surface area contributed by atoms with Gasteiger partial charge in [0, 0.05) is 0 Å². The van der Waals surface area contributed by atoms with Crippen LogP contribution in [0.15, 0.2) is 0 Å². The monoisotopic (exact) mass is 222 g/mol. The van der Waals surface area contributed by atoms with Crippen molar-refractivity contribution in [1.29, 1.82) is 0 Å². The van der Waals surface area contributed by atoms with Crippen molar-refractivity contribution in [2.75, 3.05) is 13.7 Å². The number of carbonyl (C=O) groups is 1. The number of aliphatic hydroxyl groups excluding tert-OH is 4. The summed E-state index contributed by atoms with van der Waals surface area (Å²) in [6, 6.07) is 0. The minimum atomic E-state index is -1.57. The summed E-state index contributed by atoms with van der Waals surface area (Å²) in [5, 5.41) is 36.9. The smallest absolute Gasteiger partial charge is 0.337 e. The average Bonchev–Trinajstić information content (AvgIpc) is 2.25. The van der Waals surface area contributed by atoms with Crippen LogP contribution >= 0.6 is 0 Å². The molecule has 1 heterocycles. The molecule has 1 fully saturated rings. The van der Waals surface area contributed by atoms with Crippen LogP contribution in [0, 0.1) is 0 Å². The Labute approximate surface area is 85.9 Å². The molecular weight excluding hydrogens is 208 g/mol.